The molecule has 4 rings (SSSR count). The van der Waals surface area contributed by atoms with Crippen molar-refractivity contribution in [2.75, 3.05) is 38.0 Å². The van der Waals surface area contributed by atoms with E-state index in [1.54, 1.807) is 18.2 Å². The second kappa shape index (κ2) is 7.26. The van der Waals surface area contributed by atoms with E-state index in [1.165, 1.54) is 16.8 Å². The maximum atomic E-state index is 13.1. The highest BCUT2D eigenvalue weighted by atomic mass is 32.2. The number of hydrogen-bond donors (Lipinski definition) is 1. The SMILES string of the molecule is Cc1noc(C)c1S(=O)(=O)N1CCCN(Cc2cccc3c2NCC3)CC1. The van der Waals surface area contributed by atoms with Crippen molar-refractivity contribution in [2.24, 2.45) is 0 Å². The van der Waals surface area contributed by atoms with Gasteiger partial charge in [-0.1, -0.05) is 23.4 Å². The number of aromatic nitrogens is 1. The van der Waals surface area contributed by atoms with Crippen molar-refractivity contribution in [2.45, 2.75) is 38.1 Å². The lowest BCUT2D eigenvalue weighted by atomic mass is 10.1. The molecule has 1 fully saturated rings. The Balaban J connectivity index is 1.48. The molecule has 2 aliphatic heterocycles. The smallest absolute Gasteiger partial charge is 0.248 e. The first-order chi connectivity index (χ1) is 13.0. The van der Waals surface area contributed by atoms with E-state index in [9.17, 15) is 8.42 Å². The van der Waals surface area contributed by atoms with Crippen LogP contribution in [0.5, 0.6) is 0 Å². The van der Waals surface area contributed by atoms with Crippen LogP contribution in [0.25, 0.3) is 0 Å². The Kier molecular flexibility index (Phi) is 4.96. The first kappa shape index (κ1) is 18.5. The number of sulfonamides is 1. The molecule has 7 nitrogen and oxygen atoms in total. The third-order valence-electron chi connectivity index (χ3n) is 5.44. The second-order valence-corrected chi connectivity index (χ2v) is 9.19. The Morgan fingerprint density at radius 2 is 2.04 bits per heavy atom. The largest absolute Gasteiger partial charge is 0.384 e. The van der Waals surface area contributed by atoms with Gasteiger partial charge in [0.15, 0.2) is 5.76 Å². The van der Waals surface area contributed by atoms with Crippen molar-refractivity contribution in [3.8, 4) is 0 Å². The fourth-order valence-corrected chi connectivity index (χ4v) is 5.86. The first-order valence-corrected chi connectivity index (χ1v) is 10.9. The van der Waals surface area contributed by atoms with Crippen LogP contribution in [-0.2, 0) is 23.0 Å². The summed E-state index contributed by atoms with van der Waals surface area (Å²) in [7, 11) is -3.57. The fraction of sp³-hybridized carbons (Fsp3) is 0.526. The van der Waals surface area contributed by atoms with Gasteiger partial charge in [-0.25, -0.2) is 8.42 Å². The second-order valence-electron chi connectivity index (χ2n) is 7.32. The lowest BCUT2D eigenvalue weighted by Crippen LogP contribution is -2.35. The van der Waals surface area contributed by atoms with Gasteiger partial charge in [-0.05, 0) is 44.4 Å². The normalized spacial score (nSPS) is 18.9. The van der Waals surface area contributed by atoms with Gasteiger partial charge in [0.2, 0.25) is 10.0 Å². The minimum absolute atomic E-state index is 0.223. The Morgan fingerprint density at radius 1 is 1.19 bits per heavy atom. The predicted molar refractivity (Wildman–Crippen MR) is 103 cm³/mol. The molecular weight excluding hydrogens is 364 g/mol. The number of benzene rings is 1. The first-order valence-electron chi connectivity index (χ1n) is 9.47. The Hall–Kier alpha value is -1.90. The van der Waals surface area contributed by atoms with Crippen LogP contribution in [0.1, 0.15) is 29.0 Å². The molecule has 0 bridgehead atoms. The van der Waals surface area contributed by atoms with Gasteiger partial charge in [-0.3, -0.25) is 4.90 Å². The number of fused-ring (bicyclic) bond motifs is 1. The van der Waals surface area contributed by atoms with Crippen molar-refractivity contribution in [1.29, 1.82) is 0 Å². The van der Waals surface area contributed by atoms with Gasteiger partial charge in [0.05, 0.1) is 0 Å². The average Bonchev–Trinajstić information content (AvgIpc) is 3.16. The number of rotatable bonds is 4. The summed E-state index contributed by atoms with van der Waals surface area (Å²) < 4.78 is 32.8. The molecule has 1 N–H and O–H groups in total. The van der Waals surface area contributed by atoms with Gasteiger partial charge in [-0.2, -0.15) is 4.31 Å². The molecule has 2 aliphatic rings. The maximum Gasteiger partial charge on any atom is 0.248 e. The monoisotopic (exact) mass is 390 g/mol. The van der Waals surface area contributed by atoms with Crippen molar-refractivity contribution in [3.05, 3.63) is 40.8 Å². The van der Waals surface area contributed by atoms with E-state index >= 15 is 0 Å². The summed E-state index contributed by atoms with van der Waals surface area (Å²) in [6.45, 7) is 7.77. The predicted octanol–water partition coefficient (Wildman–Crippen LogP) is 2.16. The standard InChI is InChI=1S/C19H26N4O3S/c1-14-19(15(2)26-21-14)27(24,25)23-10-4-9-22(11-12-23)13-17-6-3-5-16-7-8-20-18(16)17/h3,5-6,20H,4,7-13H2,1-2H3. The maximum absolute atomic E-state index is 13.1. The van der Waals surface area contributed by atoms with Crippen LogP contribution in [0.4, 0.5) is 5.69 Å². The highest BCUT2D eigenvalue weighted by Crippen LogP contribution is 2.28. The highest BCUT2D eigenvalue weighted by Gasteiger charge is 2.32. The molecule has 0 aliphatic carbocycles. The third kappa shape index (κ3) is 3.49. The minimum atomic E-state index is -3.57. The number of hydrogen-bond acceptors (Lipinski definition) is 6. The van der Waals surface area contributed by atoms with Crippen LogP contribution in [-0.4, -0.2) is 55.5 Å². The average molecular weight is 391 g/mol. The van der Waals surface area contributed by atoms with Crippen LogP contribution in [0.2, 0.25) is 0 Å². The van der Waals surface area contributed by atoms with Gasteiger partial charge >= 0.3 is 0 Å². The summed E-state index contributed by atoms with van der Waals surface area (Å²) in [4.78, 5) is 2.57. The quantitative estimate of drug-likeness (QED) is 0.862. The Morgan fingerprint density at radius 3 is 2.81 bits per heavy atom. The van der Waals surface area contributed by atoms with Crippen molar-refractivity contribution >= 4 is 15.7 Å². The summed E-state index contributed by atoms with van der Waals surface area (Å²) in [5.41, 5.74) is 4.37. The molecule has 146 valence electrons. The minimum Gasteiger partial charge on any atom is -0.384 e. The zero-order chi connectivity index (χ0) is 19.0. The molecule has 27 heavy (non-hydrogen) atoms. The van der Waals surface area contributed by atoms with E-state index < -0.39 is 10.0 Å². The van der Waals surface area contributed by atoms with E-state index in [1.807, 2.05) is 0 Å². The summed E-state index contributed by atoms with van der Waals surface area (Å²) >= 11 is 0. The molecule has 2 aromatic rings. The van der Waals surface area contributed by atoms with E-state index in [2.05, 4.69) is 33.6 Å². The summed E-state index contributed by atoms with van der Waals surface area (Å²) in [5, 5.41) is 7.29. The van der Waals surface area contributed by atoms with Gasteiger partial charge in [0, 0.05) is 38.4 Å². The van der Waals surface area contributed by atoms with E-state index in [0.29, 0.717) is 31.1 Å². The number of para-hydroxylation sites is 1. The van der Waals surface area contributed by atoms with Crippen LogP contribution < -0.4 is 5.32 Å². The van der Waals surface area contributed by atoms with Crippen molar-refractivity contribution in [1.82, 2.24) is 14.4 Å². The third-order valence-corrected chi connectivity index (χ3v) is 7.58. The van der Waals surface area contributed by atoms with E-state index in [4.69, 9.17) is 4.52 Å². The van der Waals surface area contributed by atoms with Gasteiger partial charge in [-0.15, -0.1) is 0 Å². The van der Waals surface area contributed by atoms with Gasteiger partial charge in [0.25, 0.3) is 0 Å². The zero-order valence-electron chi connectivity index (χ0n) is 15.9. The van der Waals surface area contributed by atoms with E-state index in [-0.39, 0.29) is 4.90 Å². The van der Waals surface area contributed by atoms with Gasteiger partial charge in [0.1, 0.15) is 10.6 Å². The van der Waals surface area contributed by atoms with Crippen LogP contribution in [0.15, 0.2) is 27.6 Å². The number of aryl methyl sites for hydroxylation is 2. The van der Waals surface area contributed by atoms with Crippen molar-refractivity contribution in [3.63, 3.8) is 0 Å². The molecule has 0 unspecified atom stereocenters. The molecule has 3 heterocycles. The van der Waals surface area contributed by atoms with E-state index in [0.717, 1.165) is 32.5 Å². The summed E-state index contributed by atoms with van der Waals surface area (Å²) in [6, 6.07) is 6.47. The Labute approximate surface area is 160 Å². The molecule has 1 aromatic carbocycles. The molecule has 0 saturated carbocycles. The van der Waals surface area contributed by atoms with Crippen LogP contribution in [0, 0.1) is 13.8 Å². The molecule has 0 atom stereocenters. The molecule has 8 heteroatoms. The summed E-state index contributed by atoms with van der Waals surface area (Å²) in [5.74, 6) is 0.361. The lowest BCUT2D eigenvalue weighted by molar-refractivity contribution is 0.279. The van der Waals surface area contributed by atoms with Crippen LogP contribution in [0.3, 0.4) is 0 Å². The van der Waals surface area contributed by atoms with Gasteiger partial charge < -0.3 is 9.84 Å². The molecule has 1 saturated heterocycles. The zero-order valence-corrected chi connectivity index (χ0v) is 16.7. The molecule has 0 spiro atoms. The topological polar surface area (TPSA) is 78.7 Å². The number of anilines is 1. The lowest BCUT2D eigenvalue weighted by Gasteiger charge is -2.22. The summed E-state index contributed by atoms with van der Waals surface area (Å²) in [6.07, 6.45) is 1.89. The fourth-order valence-electron chi connectivity index (χ4n) is 4.10. The van der Waals surface area contributed by atoms with Crippen LogP contribution >= 0.6 is 0 Å². The Bertz CT molecular complexity index is 919. The number of nitrogens with zero attached hydrogens (tertiary/aromatic N) is 3. The molecule has 1 aromatic heterocycles. The molecule has 0 radical (unpaired) electrons. The highest BCUT2D eigenvalue weighted by molar-refractivity contribution is 7.89. The van der Waals surface area contributed by atoms with Crippen molar-refractivity contribution < 1.29 is 12.9 Å². The molecule has 0 amide bonds. The molecular formula is C19H26N4O3S. The number of nitrogens with one attached hydrogen (secondary N) is 1.